The minimum absolute atomic E-state index is 0.257. The molecule has 0 bridgehead atoms. The molecule has 1 heterocycles. The van der Waals surface area contributed by atoms with E-state index in [1.165, 1.54) is 12.1 Å². The highest BCUT2D eigenvalue weighted by Crippen LogP contribution is 2.29. The highest BCUT2D eigenvalue weighted by atomic mass is 19.1. The third-order valence-electron chi connectivity index (χ3n) is 3.85. The first-order valence-electron chi connectivity index (χ1n) is 6.98. The van der Waals surface area contributed by atoms with Gasteiger partial charge in [-0.25, -0.2) is 4.39 Å². The summed E-state index contributed by atoms with van der Waals surface area (Å²) < 4.78 is 18.6. The molecule has 20 heavy (non-hydrogen) atoms. The van der Waals surface area contributed by atoms with Gasteiger partial charge in [0, 0.05) is 51.4 Å². The summed E-state index contributed by atoms with van der Waals surface area (Å²) in [5, 5.41) is 10.6. The lowest BCUT2D eigenvalue weighted by atomic mass is 9.93. The maximum atomic E-state index is 13.4. The van der Waals surface area contributed by atoms with Crippen LogP contribution in [-0.2, 0) is 4.74 Å². The number of rotatable bonds is 4. The van der Waals surface area contributed by atoms with E-state index in [1.54, 1.807) is 6.07 Å². The average molecular weight is 282 g/mol. The Morgan fingerprint density at radius 3 is 2.70 bits per heavy atom. The Kier molecular flexibility index (Phi) is 4.62. The molecule has 112 valence electrons. The van der Waals surface area contributed by atoms with E-state index in [0.717, 1.165) is 11.3 Å². The number of ether oxygens (including phenoxy) is 1. The molecule has 1 aliphatic heterocycles. The first kappa shape index (κ1) is 15.2. The Balaban J connectivity index is 2.18. The molecule has 1 fully saturated rings. The maximum Gasteiger partial charge on any atom is 0.123 e. The average Bonchev–Trinajstić information content (AvgIpc) is 2.38. The second kappa shape index (κ2) is 6.08. The fourth-order valence-corrected chi connectivity index (χ4v) is 2.67. The van der Waals surface area contributed by atoms with Gasteiger partial charge in [-0.2, -0.15) is 0 Å². The van der Waals surface area contributed by atoms with E-state index < -0.39 is 5.60 Å². The zero-order chi connectivity index (χ0) is 14.8. The van der Waals surface area contributed by atoms with Crippen molar-refractivity contribution >= 4 is 5.69 Å². The minimum Gasteiger partial charge on any atom is -0.388 e. The topological polar surface area (TPSA) is 58.7 Å². The Morgan fingerprint density at radius 1 is 1.45 bits per heavy atom. The number of hydrogen-bond donors (Lipinski definition) is 2. The summed E-state index contributed by atoms with van der Waals surface area (Å²) >= 11 is 0. The Labute approximate surface area is 119 Å². The molecule has 5 heteroatoms. The van der Waals surface area contributed by atoms with Crippen LogP contribution in [0.4, 0.5) is 10.1 Å². The van der Waals surface area contributed by atoms with Gasteiger partial charge in [0.05, 0.1) is 5.60 Å². The van der Waals surface area contributed by atoms with Gasteiger partial charge in [-0.05, 0) is 30.7 Å². The Hall–Kier alpha value is -1.17. The number of aliphatic hydroxyl groups is 1. The molecule has 1 atom stereocenters. The van der Waals surface area contributed by atoms with Crippen molar-refractivity contribution in [2.45, 2.75) is 31.4 Å². The highest BCUT2D eigenvalue weighted by Gasteiger charge is 2.31. The molecule has 3 N–H and O–H groups in total. The Bertz CT molecular complexity index is 459. The van der Waals surface area contributed by atoms with Gasteiger partial charge < -0.3 is 20.5 Å². The third-order valence-corrected chi connectivity index (χ3v) is 3.85. The van der Waals surface area contributed by atoms with Crippen molar-refractivity contribution in [2.24, 2.45) is 5.73 Å². The fraction of sp³-hybridized carbons (Fsp3) is 0.600. The highest BCUT2D eigenvalue weighted by molar-refractivity contribution is 5.54. The lowest BCUT2D eigenvalue weighted by Crippen LogP contribution is -2.46. The van der Waals surface area contributed by atoms with Crippen LogP contribution in [0.1, 0.15) is 31.4 Å². The van der Waals surface area contributed by atoms with Crippen molar-refractivity contribution in [3.05, 3.63) is 29.6 Å². The van der Waals surface area contributed by atoms with E-state index in [-0.39, 0.29) is 11.9 Å². The van der Waals surface area contributed by atoms with Crippen molar-refractivity contribution in [2.75, 3.05) is 31.7 Å². The summed E-state index contributed by atoms with van der Waals surface area (Å²) in [4.78, 5) is 1.95. The van der Waals surface area contributed by atoms with E-state index in [9.17, 15) is 9.50 Å². The van der Waals surface area contributed by atoms with Crippen LogP contribution in [-0.4, -0.2) is 37.5 Å². The second-order valence-electron chi connectivity index (χ2n) is 5.68. The van der Waals surface area contributed by atoms with E-state index in [2.05, 4.69) is 0 Å². The fourth-order valence-electron chi connectivity index (χ4n) is 2.67. The predicted molar refractivity (Wildman–Crippen MR) is 77.3 cm³/mol. The molecule has 4 nitrogen and oxygen atoms in total. The molecule has 0 spiro atoms. The zero-order valence-corrected chi connectivity index (χ0v) is 12.1. The van der Waals surface area contributed by atoms with Crippen LogP contribution in [0.5, 0.6) is 0 Å². The van der Waals surface area contributed by atoms with E-state index >= 15 is 0 Å². The summed E-state index contributed by atoms with van der Waals surface area (Å²) in [5.74, 6) is -0.292. The lowest BCUT2D eigenvalue weighted by Gasteiger charge is -2.37. The number of nitrogens with two attached hydrogens (primary N) is 1. The Morgan fingerprint density at radius 2 is 2.10 bits per heavy atom. The summed E-state index contributed by atoms with van der Waals surface area (Å²) in [6, 6.07) is 4.35. The molecule has 1 unspecified atom stereocenters. The van der Waals surface area contributed by atoms with Gasteiger partial charge in [0.25, 0.3) is 0 Å². The van der Waals surface area contributed by atoms with Crippen molar-refractivity contribution < 1.29 is 14.2 Å². The maximum absolute atomic E-state index is 13.4. The smallest absolute Gasteiger partial charge is 0.123 e. The van der Waals surface area contributed by atoms with Gasteiger partial charge in [-0.15, -0.1) is 0 Å². The molecule has 1 aliphatic rings. The number of halogens is 1. The number of benzene rings is 1. The number of hydrogen-bond acceptors (Lipinski definition) is 4. The van der Waals surface area contributed by atoms with Crippen molar-refractivity contribution in [3.63, 3.8) is 0 Å². The predicted octanol–water partition coefficient (Wildman–Crippen LogP) is 1.82. The van der Waals surface area contributed by atoms with Crippen LogP contribution in [0.3, 0.4) is 0 Å². The van der Waals surface area contributed by atoms with Crippen molar-refractivity contribution in [1.82, 2.24) is 0 Å². The SMILES string of the molecule is CC(N)c1cc(F)ccc1N(C)CC1(O)CCOCC1. The van der Waals surface area contributed by atoms with Crippen molar-refractivity contribution in [3.8, 4) is 0 Å². The van der Waals surface area contributed by atoms with Crippen LogP contribution in [0, 0.1) is 5.82 Å². The minimum atomic E-state index is -0.753. The van der Waals surface area contributed by atoms with Gasteiger partial charge in [-0.1, -0.05) is 0 Å². The van der Waals surface area contributed by atoms with Crippen molar-refractivity contribution in [1.29, 1.82) is 0 Å². The standard InChI is InChI=1S/C15H23FN2O2/c1-11(17)13-9-12(16)3-4-14(13)18(2)10-15(19)5-7-20-8-6-15/h3-4,9,11,19H,5-8,10,17H2,1-2H3. The van der Waals surface area contributed by atoms with E-state index in [4.69, 9.17) is 10.5 Å². The van der Waals surface area contributed by atoms with Crippen LogP contribution in [0.2, 0.25) is 0 Å². The normalized spacial score (nSPS) is 19.6. The molecule has 1 aromatic carbocycles. The molecule has 1 aromatic rings. The van der Waals surface area contributed by atoms with E-state index in [0.29, 0.717) is 32.6 Å². The number of likely N-dealkylation sites (N-methyl/N-ethyl adjacent to an activating group) is 1. The first-order chi connectivity index (χ1) is 9.41. The van der Waals surface area contributed by atoms with Crippen LogP contribution in [0.15, 0.2) is 18.2 Å². The second-order valence-corrected chi connectivity index (χ2v) is 5.68. The zero-order valence-electron chi connectivity index (χ0n) is 12.1. The summed E-state index contributed by atoms with van der Waals surface area (Å²) in [7, 11) is 1.90. The molecular formula is C15H23FN2O2. The number of nitrogens with zero attached hydrogens (tertiary/aromatic N) is 1. The number of anilines is 1. The van der Waals surface area contributed by atoms with Gasteiger partial charge in [-0.3, -0.25) is 0 Å². The molecule has 0 saturated carbocycles. The summed E-state index contributed by atoms with van der Waals surface area (Å²) in [6.45, 7) is 3.47. The quantitative estimate of drug-likeness (QED) is 0.884. The third kappa shape index (κ3) is 3.48. The van der Waals surface area contributed by atoms with Gasteiger partial charge in [0.1, 0.15) is 5.82 Å². The van der Waals surface area contributed by atoms with Crippen LogP contribution < -0.4 is 10.6 Å². The van der Waals surface area contributed by atoms with Crippen LogP contribution >= 0.6 is 0 Å². The lowest BCUT2D eigenvalue weighted by molar-refractivity contribution is -0.0572. The molecular weight excluding hydrogens is 259 g/mol. The molecule has 0 aromatic heterocycles. The summed E-state index contributed by atoms with van der Waals surface area (Å²) in [5.41, 5.74) is 6.77. The van der Waals surface area contributed by atoms with Gasteiger partial charge >= 0.3 is 0 Å². The molecule has 0 aliphatic carbocycles. The largest absolute Gasteiger partial charge is 0.388 e. The monoisotopic (exact) mass is 282 g/mol. The van der Waals surface area contributed by atoms with Gasteiger partial charge in [0.2, 0.25) is 0 Å². The first-order valence-corrected chi connectivity index (χ1v) is 6.98. The van der Waals surface area contributed by atoms with Crippen LogP contribution in [0.25, 0.3) is 0 Å². The molecule has 0 amide bonds. The molecule has 1 saturated heterocycles. The van der Waals surface area contributed by atoms with E-state index in [1.807, 2.05) is 18.9 Å². The summed E-state index contributed by atoms with van der Waals surface area (Å²) in [6.07, 6.45) is 1.23. The molecule has 0 radical (unpaired) electrons. The molecule has 2 rings (SSSR count). The van der Waals surface area contributed by atoms with Gasteiger partial charge in [0.15, 0.2) is 0 Å².